The van der Waals surface area contributed by atoms with Crippen LogP contribution in [-0.4, -0.2) is 63.0 Å². The number of aryl methyl sites for hydroxylation is 1. The van der Waals surface area contributed by atoms with Crippen LogP contribution in [0, 0.1) is 0 Å². The summed E-state index contributed by atoms with van der Waals surface area (Å²) >= 11 is 1.58. The van der Waals surface area contributed by atoms with E-state index < -0.39 is 11.5 Å². The lowest BCUT2D eigenvalue weighted by Crippen LogP contribution is -2.61. The SMILES string of the molecule is CN1CCC(NC(=O)c2ccc3c(C4CCCC4)c(-c4cscn4)n(C)c3c2)(C(=O)Nc2ccc(/C=C/C(=O)O)cc2)CC1. The quantitative estimate of drug-likeness (QED) is 0.214. The number of carboxylic acid groups (broad SMARTS) is 1. The minimum absolute atomic E-state index is 0.262. The Balaban J connectivity index is 1.28. The summed E-state index contributed by atoms with van der Waals surface area (Å²) in [5, 5.41) is 18.3. The lowest BCUT2D eigenvalue weighted by Gasteiger charge is -2.40. The van der Waals surface area contributed by atoms with Crippen molar-refractivity contribution in [2.24, 2.45) is 7.05 Å². The molecule has 2 aromatic carbocycles. The number of likely N-dealkylation sites (tertiary alicyclic amines) is 1. The summed E-state index contributed by atoms with van der Waals surface area (Å²) in [4.78, 5) is 45.3. The van der Waals surface area contributed by atoms with E-state index in [0.717, 1.165) is 41.2 Å². The molecule has 1 aliphatic heterocycles. The molecular weight excluding hydrogens is 574 g/mol. The number of hydrogen-bond acceptors (Lipinski definition) is 6. The van der Waals surface area contributed by atoms with Crippen molar-refractivity contribution < 1.29 is 19.5 Å². The standard InChI is InChI=1S/C34H37N5O4S/c1-38-17-15-34(16-18-38,33(43)36-25-11-7-22(8-12-25)9-14-29(40)41)37-32(42)24-10-13-26-28(19-24)39(2)31(27-20-44-21-35-27)30(26)23-5-3-4-6-23/h7-14,19-21,23H,3-6,15-18H2,1-2H3,(H,36,43)(H,37,42)(H,40,41)/b14-9+. The number of nitrogens with zero attached hydrogens (tertiary/aromatic N) is 3. The van der Waals surface area contributed by atoms with Gasteiger partial charge in [0, 0.05) is 53.7 Å². The smallest absolute Gasteiger partial charge is 0.328 e. The van der Waals surface area contributed by atoms with Crippen LogP contribution in [0.25, 0.3) is 28.4 Å². The summed E-state index contributed by atoms with van der Waals surface area (Å²) < 4.78 is 2.17. The second-order valence-corrected chi connectivity index (χ2v) is 12.7. The zero-order valence-corrected chi connectivity index (χ0v) is 25.8. The molecule has 10 heteroatoms. The molecule has 4 aromatic rings. The number of thiazole rings is 1. The molecule has 0 bridgehead atoms. The topological polar surface area (TPSA) is 117 Å². The number of carbonyl (C=O) groups is 3. The Kier molecular flexibility index (Phi) is 8.38. The number of carboxylic acids is 1. The van der Waals surface area contributed by atoms with E-state index in [9.17, 15) is 14.4 Å². The summed E-state index contributed by atoms with van der Waals surface area (Å²) in [5.41, 5.74) is 7.00. The van der Waals surface area contributed by atoms with E-state index in [0.29, 0.717) is 48.7 Å². The summed E-state index contributed by atoms with van der Waals surface area (Å²) in [6, 6.07) is 12.8. The van der Waals surface area contributed by atoms with Gasteiger partial charge in [-0.05, 0) is 80.1 Å². The van der Waals surface area contributed by atoms with Gasteiger partial charge in [0.15, 0.2) is 0 Å². The molecule has 44 heavy (non-hydrogen) atoms. The Hall–Kier alpha value is -4.28. The van der Waals surface area contributed by atoms with Gasteiger partial charge in [-0.15, -0.1) is 11.3 Å². The number of aromatic nitrogens is 2. The van der Waals surface area contributed by atoms with Crippen molar-refractivity contribution in [3.8, 4) is 11.4 Å². The first-order valence-electron chi connectivity index (χ1n) is 15.1. The van der Waals surface area contributed by atoms with Gasteiger partial charge in [0.05, 0.1) is 16.9 Å². The third kappa shape index (κ3) is 5.92. The van der Waals surface area contributed by atoms with Crippen molar-refractivity contribution in [3.05, 3.63) is 76.1 Å². The maximum absolute atomic E-state index is 13.9. The molecule has 1 aliphatic carbocycles. The Bertz CT molecular complexity index is 1710. The Morgan fingerprint density at radius 3 is 2.43 bits per heavy atom. The van der Waals surface area contributed by atoms with E-state index in [1.807, 2.05) is 31.7 Å². The number of anilines is 1. The van der Waals surface area contributed by atoms with Crippen LogP contribution in [-0.2, 0) is 16.6 Å². The molecule has 1 saturated heterocycles. The third-order valence-corrected chi connectivity index (χ3v) is 9.74. The predicted molar refractivity (Wildman–Crippen MR) is 174 cm³/mol. The minimum atomic E-state index is -1.07. The molecular formula is C34H37N5O4S. The van der Waals surface area contributed by atoms with Gasteiger partial charge in [0.2, 0.25) is 5.91 Å². The summed E-state index contributed by atoms with van der Waals surface area (Å²) in [5.74, 6) is -1.09. The fourth-order valence-electron chi connectivity index (χ4n) is 6.67. The molecule has 2 aromatic heterocycles. The molecule has 3 N–H and O–H groups in total. The van der Waals surface area contributed by atoms with Gasteiger partial charge in [0.1, 0.15) is 5.54 Å². The van der Waals surface area contributed by atoms with E-state index >= 15 is 0 Å². The molecule has 0 atom stereocenters. The van der Waals surface area contributed by atoms with E-state index in [1.165, 1.54) is 24.5 Å². The molecule has 2 fully saturated rings. The molecule has 2 aliphatic rings. The lowest BCUT2D eigenvalue weighted by atomic mass is 9.86. The third-order valence-electron chi connectivity index (χ3n) is 9.16. The van der Waals surface area contributed by atoms with Gasteiger partial charge < -0.3 is 25.2 Å². The highest BCUT2D eigenvalue weighted by Crippen LogP contribution is 2.44. The van der Waals surface area contributed by atoms with Crippen molar-refractivity contribution in [1.29, 1.82) is 0 Å². The van der Waals surface area contributed by atoms with Crippen molar-refractivity contribution >= 4 is 51.8 Å². The number of aliphatic carboxylic acids is 1. The van der Waals surface area contributed by atoms with Gasteiger partial charge in [-0.3, -0.25) is 9.59 Å². The molecule has 0 unspecified atom stereocenters. The Morgan fingerprint density at radius 1 is 1.05 bits per heavy atom. The van der Waals surface area contributed by atoms with Gasteiger partial charge >= 0.3 is 5.97 Å². The molecule has 0 radical (unpaired) electrons. The lowest BCUT2D eigenvalue weighted by molar-refractivity contribution is -0.131. The molecule has 2 amide bonds. The zero-order chi connectivity index (χ0) is 30.8. The predicted octanol–water partition coefficient (Wildman–Crippen LogP) is 5.89. The highest BCUT2D eigenvalue weighted by atomic mass is 32.1. The highest BCUT2D eigenvalue weighted by Gasteiger charge is 2.42. The number of rotatable bonds is 8. The van der Waals surface area contributed by atoms with Gasteiger partial charge in [-0.1, -0.05) is 31.0 Å². The highest BCUT2D eigenvalue weighted by molar-refractivity contribution is 7.07. The van der Waals surface area contributed by atoms with Crippen LogP contribution in [0.5, 0.6) is 0 Å². The van der Waals surface area contributed by atoms with Crippen LogP contribution < -0.4 is 10.6 Å². The average Bonchev–Trinajstić information content (AvgIpc) is 3.79. The van der Waals surface area contributed by atoms with Crippen molar-refractivity contribution in [2.45, 2.75) is 50.0 Å². The number of fused-ring (bicyclic) bond motifs is 1. The molecule has 6 rings (SSSR count). The molecule has 3 heterocycles. The summed E-state index contributed by atoms with van der Waals surface area (Å²) in [6.45, 7) is 1.34. The van der Waals surface area contributed by atoms with E-state index in [2.05, 4.69) is 36.5 Å². The second kappa shape index (κ2) is 12.4. The Morgan fingerprint density at radius 2 is 1.77 bits per heavy atom. The molecule has 9 nitrogen and oxygen atoms in total. The maximum atomic E-state index is 13.9. The average molecular weight is 612 g/mol. The first-order valence-corrected chi connectivity index (χ1v) is 16.0. The van der Waals surface area contributed by atoms with Gasteiger partial charge in [-0.2, -0.15) is 0 Å². The monoisotopic (exact) mass is 611 g/mol. The molecule has 0 spiro atoms. The van der Waals surface area contributed by atoms with Gasteiger partial charge in [0.25, 0.3) is 5.91 Å². The van der Waals surface area contributed by atoms with E-state index in [4.69, 9.17) is 5.11 Å². The molecule has 228 valence electrons. The van der Waals surface area contributed by atoms with Crippen LogP contribution in [0.15, 0.2) is 59.4 Å². The minimum Gasteiger partial charge on any atom is -0.478 e. The Labute approximate surface area is 260 Å². The van der Waals surface area contributed by atoms with Crippen molar-refractivity contribution in [2.75, 3.05) is 25.5 Å². The van der Waals surface area contributed by atoms with Crippen LogP contribution >= 0.6 is 11.3 Å². The number of amides is 2. The fourth-order valence-corrected chi connectivity index (χ4v) is 7.20. The van der Waals surface area contributed by atoms with Crippen LogP contribution in [0.3, 0.4) is 0 Å². The van der Waals surface area contributed by atoms with Crippen molar-refractivity contribution in [1.82, 2.24) is 19.8 Å². The number of carbonyl (C=O) groups excluding carboxylic acids is 2. The first-order chi connectivity index (χ1) is 21.2. The molecule has 1 saturated carbocycles. The number of benzene rings is 2. The van der Waals surface area contributed by atoms with Gasteiger partial charge in [-0.25, -0.2) is 9.78 Å². The number of hydrogen-bond donors (Lipinski definition) is 3. The largest absolute Gasteiger partial charge is 0.478 e. The van der Waals surface area contributed by atoms with Crippen LogP contribution in [0.2, 0.25) is 0 Å². The first kappa shape index (κ1) is 29.8. The van der Waals surface area contributed by atoms with Crippen LogP contribution in [0.4, 0.5) is 5.69 Å². The second-order valence-electron chi connectivity index (χ2n) is 12.0. The van der Waals surface area contributed by atoms with E-state index in [-0.39, 0.29) is 11.8 Å². The maximum Gasteiger partial charge on any atom is 0.328 e. The number of piperidine rings is 1. The zero-order valence-electron chi connectivity index (χ0n) is 25.0. The fraction of sp³-hybridized carbons (Fsp3) is 0.353. The number of nitrogens with one attached hydrogen (secondary N) is 2. The van der Waals surface area contributed by atoms with Crippen LogP contribution in [0.1, 0.15) is 65.9 Å². The van der Waals surface area contributed by atoms with E-state index in [1.54, 1.807) is 35.6 Å². The summed E-state index contributed by atoms with van der Waals surface area (Å²) in [6.07, 6.45) is 8.29. The summed E-state index contributed by atoms with van der Waals surface area (Å²) in [7, 11) is 4.06. The van der Waals surface area contributed by atoms with Crippen molar-refractivity contribution in [3.63, 3.8) is 0 Å². The normalized spacial score (nSPS) is 17.3.